The predicted molar refractivity (Wildman–Crippen MR) is 82.6 cm³/mol. The van der Waals surface area contributed by atoms with E-state index >= 15 is 0 Å². The van der Waals surface area contributed by atoms with Gasteiger partial charge >= 0.3 is 5.97 Å². The van der Waals surface area contributed by atoms with Crippen molar-refractivity contribution >= 4 is 18.0 Å². The summed E-state index contributed by atoms with van der Waals surface area (Å²) in [6.45, 7) is 6.22. The summed E-state index contributed by atoms with van der Waals surface area (Å²) in [5.74, 6) is -0.0867. The molecule has 0 aliphatic carbocycles. The molecule has 0 spiro atoms. The lowest BCUT2D eigenvalue weighted by Crippen LogP contribution is -2.29. The molecule has 0 bridgehead atoms. The van der Waals surface area contributed by atoms with Crippen LogP contribution in [-0.2, 0) is 14.3 Å². The van der Waals surface area contributed by atoms with Gasteiger partial charge in [0, 0.05) is 6.08 Å². The second-order valence-corrected chi connectivity index (χ2v) is 4.39. The smallest absolute Gasteiger partial charge is 0.331 e. The van der Waals surface area contributed by atoms with Crippen LogP contribution < -0.4 is 15.2 Å². The average Bonchev–Trinajstić information content (AvgIpc) is 2.47. The number of rotatable bonds is 8. The first-order valence-electron chi connectivity index (χ1n) is 7.05. The second kappa shape index (κ2) is 8.71. The molecular formula is C16H21NO5. The lowest BCUT2D eigenvalue weighted by molar-refractivity contribution is -0.148. The van der Waals surface area contributed by atoms with Gasteiger partial charge in [0.2, 0.25) is 0 Å². The second-order valence-electron chi connectivity index (χ2n) is 4.39. The third kappa shape index (κ3) is 5.47. The van der Waals surface area contributed by atoms with Crippen molar-refractivity contribution in [2.75, 3.05) is 13.2 Å². The van der Waals surface area contributed by atoms with Crippen LogP contribution in [0.15, 0.2) is 24.3 Å². The van der Waals surface area contributed by atoms with Gasteiger partial charge in [-0.3, -0.25) is 4.79 Å². The van der Waals surface area contributed by atoms with Gasteiger partial charge in [-0.25, -0.2) is 4.79 Å². The summed E-state index contributed by atoms with van der Waals surface area (Å²) in [6.07, 6.45) is 1.83. The van der Waals surface area contributed by atoms with Crippen molar-refractivity contribution in [1.29, 1.82) is 0 Å². The third-order valence-corrected chi connectivity index (χ3v) is 2.67. The Morgan fingerprint density at radius 3 is 2.41 bits per heavy atom. The molecule has 6 heteroatoms. The standard InChI is InChI=1S/C16H21NO5/c1-4-20-13-8-6-12(10-14(13)21-5-2)7-9-15(18)22-11(3)16(17)19/h6-11H,4-5H2,1-3H3,(H2,17,19)/b9-7+/t11-/m1/s1. The van der Waals surface area contributed by atoms with Crippen LogP contribution in [0.2, 0.25) is 0 Å². The predicted octanol–water partition coefficient (Wildman–Crippen LogP) is 1.91. The Morgan fingerprint density at radius 2 is 1.82 bits per heavy atom. The highest BCUT2D eigenvalue weighted by atomic mass is 16.5. The van der Waals surface area contributed by atoms with E-state index in [1.54, 1.807) is 24.3 Å². The number of nitrogens with two attached hydrogens (primary N) is 1. The fourth-order valence-electron chi connectivity index (χ4n) is 1.61. The first-order chi connectivity index (χ1) is 10.5. The van der Waals surface area contributed by atoms with Gasteiger partial charge in [0.1, 0.15) is 0 Å². The Labute approximate surface area is 129 Å². The van der Waals surface area contributed by atoms with Gasteiger partial charge in [0.25, 0.3) is 5.91 Å². The lowest BCUT2D eigenvalue weighted by atomic mass is 10.2. The van der Waals surface area contributed by atoms with Crippen LogP contribution in [0.4, 0.5) is 0 Å². The molecule has 1 atom stereocenters. The van der Waals surface area contributed by atoms with Crippen molar-refractivity contribution in [3.63, 3.8) is 0 Å². The molecular weight excluding hydrogens is 286 g/mol. The molecule has 0 aromatic heterocycles. The summed E-state index contributed by atoms with van der Waals surface area (Å²) >= 11 is 0. The molecule has 0 unspecified atom stereocenters. The zero-order valence-corrected chi connectivity index (χ0v) is 13.0. The molecule has 1 aromatic carbocycles. The molecule has 1 rings (SSSR count). The molecule has 0 fully saturated rings. The molecule has 6 nitrogen and oxygen atoms in total. The quantitative estimate of drug-likeness (QED) is 0.585. The first-order valence-corrected chi connectivity index (χ1v) is 7.05. The largest absolute Gasteiger partial charge is 0.490 e. The number of benzene rings is 1. The number of hydrogen-bond acceptors (Lipinski definition) is 5. The molecule has 120 valence electrons. The van der Waals surface area contributed by atoms with Crippen LogP contribution >= 0.6 is 0 Å². The van der Waals surface area contributed by atoms with E-state index in [0.29, 0.717) is 24.7 Å². The Hall–Kier alpha value is -2.50. The van der Waals surface area contributed by atoms with E-state index in [9.17, 15) is 9.59 Å². The number of carbonyl (C=O) groups is 2. The van der Waals surface area contributed by atoms with Gasteiger partial charge in [0.15, 0.2) is 17.6 Å². The minimum atomic E-state index is -0.962. The molecule has 0 saturated heterocycles. The SMILES string of the molecule is CCOc1ccc(/C=C/C(=O)O[C@H](C)C(N)=O)cc1OCC. The van der Waals surface area contributed by atoms with Gasteiger partial charge in [-0.2, -0.15) is 0 Å². The van der Waals surface area contributed by atoms with Crippen molar-refractivity contribution in [3.05, 3.63) is 29.8 Å². The maximum Gasteiger partial charge on any atom is 0.331 e. The molecule has 0 heterocycles. The van der Waals surface area contributed by atoms with Gasteiger partial charge < -0.3 is 19.9 Å². The van der Waals surface area contributed by atoms with E-state index in [1.165, 1.54) is 13.0 Å². The van der Waals surface area contributed by atoms with E-state index in [4.69, 9.17) is 19.9 Å². The summed E-state index contributed by atoms with van der Waals surface area (Å²) in [6, 6.07) is 5.32. The van der Waals surface area contributed by atoms with Crippen molar-refractivity contribution in [3.8, 4) is 11.5 Å². The summed E-state index contributed by atoms with van der Waals surface area (Å²) < 4.78 is 15.8. The van der Waals surface area contributed by atoms with E-state index in [0.717, 1.165) is 5.56 Å². The minimum Gasteiger partial charge on any atom is -0.490 e. The monoisotopic (exact) mass is 307 g/mol. The van der Waals surface area contributed by atoms with Crippen LogP contribution in [-0.4, -0.2) is 31.2 Å². The molecule has 22 heavy (non-hydrogen) atoms. The van der Waals surface area contributed by atoms with Gasteiger partial charge in [-0.1, -0.05) is 6.07 Å². The number of primary amides is 1. The van der Waals surface area contributed by atoms with E-state index < -0.39 is 18.0 Å². The summed E-state index contributed by atoms with van der Waals surface area (Å²) in [5, 5.41) is 0. The van der Waals surface area contributed by atoms with E-state index in [1.807, 2.05) is 13.8 Å². The number of carbonyl (C=O) groups excluding carboxylic acids is 2. The Morgan fingerprint density at radius 1 is 1.18 bits per heavy atom. The maximum absolute atomic E-state index is 11.5. The van der Waals surface area contributed by atoms with Gasteiger partial charge in [-0.15, -0.1) is 0 Å². The molecule has 0 aliphatic rings. The van der Waals surface area contributed by atoms with Crippen LogP contribution in [0, 0.1) is 0 Å². The molecule has 1 aromatic rings. The van der Waals surface area contributed by atoms with Crippen LogP contribution in [0.25, 0.3) is 6.08 Å². The Bertz CT molecular complexity index is 553. The number of amides is 1. The Balaban J connectivity index is 2.80. The number of hydrogen-bond donors (Lipinski definition) is 1. The summed E-state index contributed by atoms with van der Waals surface area (Å²) in [7, 11) is 0. The first kappa shape index (κ1) is 17.6. The number of esters is 1. The summed E-state index contributed by atoms with van der Waals surface area (Å²) in [4.78, 5) is 22.4. The lowest BCUT2D eigenvalue weighted by Gasteiger charge is -2.11. The third-order valence-electron chi connectivity index (χ3n) is 2.67. The highest BCUT2D eigenvalue weighted by Crippen LogP contribution is 2.28. The molecule has 0 saturated carbocycles. The molecule has 0 aliphatic heterocycles. The van der Waals surface area contributed by atoms with E-state index in [-0.39, 0.29) is 0 Å². The van der Waals surface area contributed by atoms with Gasteiger partial charge in [0.05, 0.1) is 13.2 Å². The van der Waals surface area contributed by atoms with Crippen LogP contribution in [0.5, 0.6) is 11.5 Å². The van der Waals surface area contributed by atoms with Crippen molar-refractivity contribution in [2.45, 2.75) is 26.9 Å². The van der Waals surface area contributed by atoms with Crippen LogP contribution in [0.1, 0.15) is 26.3 Å². The van der Waals surface area contributed by atoms with E-state index in [2.05, 4.69) is 0 Å². The number of ether oxygens (including phenoxy) is 3. The average molecular weight is 307 g/mol. The normalized spacial score (nSPS) is 12.0. The maximum atomic E-state index is 11.5. The van der Waals surface area contributed by atoms with Gasteiger partial charge in [-0.05, 0) is 44.5 Å². The highest BCUT2D eigenvalue weighted by Gasteiger charge is 2.12. The van der Waals surface area contributed by atoms with Crippen molar-refractivity contribution in [2.24, 2.45) is 5.73 Å². The molecule has 1 amide bonds. The molecule has 2 N–H and O–H groups in total. The molecule has 0 radical (unpaired) electrons. The van der Waals surface area contributed by atoms with Crippen molar-refractivity contribution in [1.82, 2.24) is 0 Å². The fraction of sp³-hybridized carbons (Fsp3) is 0.375. The minimum absolute atomic E-state index is 0.505. The zero-order chi connectivity index (χ0) is 16.5. The highest BCUT2D eigenvalue weighted by molar-refractivity contribution is 5.90. The van der Waals surface area contributed by atoms with Crippen molar-refractivity contribution < 1.29 is 23.8 Å². The summed E-state index contributed by atoms with van der Waals surface area (Å²) in [5.41, 5.74) is 5.77. The Kier molecular flexibility index (Phi) is 6.95. The van der Waals surface area contributed by atoms with Crippen LogP contribution in [0.3, 0.4) is 0 Å². The topological polar surface area (TPSA) is 87.9 Å². The zero-order valence-electron chi connectivity index (χ0n) is 13.0. The fourth-order valence-corrected chi connectivity index (χ4v) is 1.61.